The van der Waals surface area contributed by atoms with Crippen LogP contribution in [-0.2, 0) is 0 Å². The summed E-state index contributed by atoms with van der Waals surface area (Å²) in [5.41, 5.74) is -0.303. The Labute approximate surface area is 102 Å². The SMILES string of the molecule is OC(c1csnn1)c1c(F)ccc(Br)c1F. The molecule has 1 atom stereocenters. The largest absolute Gasteiger partial charge is 0.382 e. The number of hydrogen-bond acceptors (Lipinski definition) is 4. The summed E-state index contributed by atoms with van der Waals surface area (Å²) in [5.74, 6) is -1.65. The normalized spacial score (nSPS) is 12.8. The average Bonchev–Trinajstić information content (AvgIpc) is 2.77. The van der Waals surface area contributed by atoms with E-state index in [0.717, 1.165) is 17.6 Å². The van der Waals surface area contributed by atoms with Gasteiger partial charge < -0.3 is 5.11 Å². The highest BCUT2D eigenvalue weighted by Gasteiger charge is 2.23. The fourth-order valence-corrected chi connectivity index (χ4v) is 2.05. The molecule has 0 aliphatic heterocycles. The molecule has 0 amide bonds. The fourth-order valence-electron chi connectivity index (χ4n) is 1.23. The molecule has 2 rings (SSSR count). The predicted molar refractivity (Wildman–Crippen MR) is 58.0 cm³/mol. The molecule has 1 aromatic heterocycles. The summed E-state index contributed by atoms with van der Waals surface area (Å²) >= 11 is 3.93. The van der Waals surface area contributed by atoms with E-state index in [2.05, 4.69) is 25.5 Å². The van der Waals surface area contributed by atoms with E-state index < -0.39 is 23.3 Å². The number of aromatic nitrogens is 2. The number of benzene rings is 1. The van der Waals surface area contributed by atoms with Gasteiger partial charge in [0.25, 0.3) is 0 Å². The number of hydrogen-bond donors (Lipinski definition) is 1. The fraction of sp³-hybridized carbons (Fsp3) is 0.111. The van der Waals surface area contributed by atoms with Crippen LogP contribution < -0.4 is 0 Å². The van der Waals surface area contributed by atoms with Crippen LogP contribution >= 0.6 is 27.5 Å². The zero-order valence-electron chi connectivity index (χ0n) is 7.69. The third kappa shape index (κ3) is 1.98. The average molecular weight is 307 g/mol. The molecule has 0 bridgehead atoms. The molecular weight excluding hydrogens is 302 g/mol. The second kappa shape index (κ2) is 4.52. The van der Waals surface area contributed by atoms with Crippen molar-refractivity contribution < 1.29 is 13.9 Å². The van der Waals surface area contributed by atoms with Crippen molar-refractivity contribution in [3.05, 3.63) is 44.9 Å². The zero-order chi connectivity index (χ0) is 11.7. The smallest absolute Gasteiger partial charge is 0.146 e. The summed E-state index contributed by atoms with van der Waals surface area (Å²) in [6, 6.07) is 2.31. The van der Waals surface area contributed by atoms with Crippen LogP contribution in [0.15, 0.2) is 22.0 Å². The first-order valence-corrected chi connectivity index (χ1v) is 5.82. The quantitative estimate of drug-likeness (QED) is 0.868. The van der Waals surface area contributed by atoms with Crippen LogP contribution in [0, 0.1) is 11.6 Å². The van der Waals surface area contributed by atoms with Crippen LogP contribution in [0.4, 0.5) is 8.78 Å². The van der Waals surface area contributed by atoms with Crippen LogP contribution in [-0.4, -0.2) is 14.7 Å². The van der Waals surface area contributed by atoms with Gasteiger partial charge in [0.05, 0.1) is 10.0 Å². The van der Waals surface area contributed by atoms with Gasteiger partial charge >= 0.3 is 0 Å². The van der Waals surface area contributed by atoms with Crippen molar-refractivity contribution in [2.75, 3.05) is 0 Å². The molecule has 0 saturated carbocycles. The molecule has 0 spiro atoms. The summed E-state index contributed by atoms with van der Waals surface area (Å²) < 4.78 is 30.6. The molecule has 0 fully saturated rings. The Bertz CT molecular complexity index is 506. The lowest BCUT2D eigenvalue weighted by atomic mass is 10.1. The highest BCUT2D eigenvalue weighted by molar-refractivity contribution is 9.10. The Morgan fingerprint density at radius 1 is 1.38 bits per heavy atom. The van der Waals surface area contributed by atoms with E-state index >= 15 is 0 Å². The Morgan fingerprint density at radius 3 is 2.75 bits per heavy atom. The Kier molecular flexibility index (Phi) is 3.27. The van der Waals surface area contributed by atoms with E-state index in [1.54, 1.807) is 0 Å². The van der Waals surface area contributed by atoms with E-state index in [9.17, 15) is 13.9 Å². The zero-order valence-corrected chi connectivity index (χ0v) is 10.1. The maximum absolute atomic E-state index is 13.6. The molecule has 0 aliphatic carbocycles. The summed E-state index contributed by atoms with van der Waals surface area (Å²) in [5, 5.41) is 14.8. The van der Waals surface area contributed by atoms with Crippen molar-refractivity contribution >= 4 is 27.5 Å². The summed E-state index contributed by atoms with van der Waals surface area (Å²) in [6.45, 7) is 0. The molecular formula is C9H5BrF2N2OS. The van der Waals surface area contributed by atoms with Gasteiger partial charge in [0.15, 0.2) is 0 Å². The molecule has 1 heterocycles. The van der Waals surface area contributed by atoms with Crippen molar-refractivity contribution in [2.45, 2.75) is 6.10 Å². The van der Waals surface area contributed by atoms with Crippen LogP contribution in [0.25, 0.3) is 0 Å². The number of aliphatic hydroxyl groups excluding tert-OH is 1. The molecule has 2 aromatic rings. The van der Waals surface area contributed by atoms with Gasteiger partial charge in [-0.1, -0.05) is 4.49 Å². The monoisotopic (exact) mass is 306 g/mol. The van der Waals surface area contributed by atoms with Crippen molar-refractivity contribution in [3.8, 4) is 0 Å². The van der Waals surface area contributed by atoms with Crippen LogP contribution in [0.3, 0.4) is 0 Å². The van der Waals surface area contributed by atoms with Crippen molar-refractivity contribution in [3.63, 3.8) is 0 Å². The first-order valence-electron chi connectivity index (χ1n) is 4.19. The van der Waals surface area contributed by atoms with Gasteiger partial charge in [0.2, 0.25) is 0 Å². The number of rotatable bonds is 2. The van der Waals surface area contributed by atoms with Gasteiger partial charge in [-0.3, -0.25) is 0 Å². The molecule has 0 aliphatic rings. The Morgan fingerprint density at radius 2 is 2.12 bits per heavy atom. The maximum atomic E-state index is 13.6. The number of halogens is 3. The minimum absolute atomic E-state index is 0.0890. The lowest BCUT2D eigenvalue weighted by Gasteiger charge is -2.10. The topological polar surface area (TPSA) is 46.0 Å². The molecule has 7 heteroatoms. The second-order valence-electron chi connectivity index (χ2n) is 2.99. The minimum atomic E-state index is -1.45. The van der Waals surface area contributed by atoms with Gasteiger partial charge in [0.1, 0.15) is 23.4 Å². The van der Waals surface area contributed by atoms with Gasteiger partial charge in [-0.25, -0.2) is 8.78 Å². The van der Waals surface area contributed by atoms with Crippen LogP contribution in [0.1, 0.15) is 17.4 Å². The molecule has 0 radical (unpaired) electrons. The van der Waals surface area contributed by atoms with E-state index in [1.165, 1.54) is 11.4 Å². The molecule has 0 saturated heterocycles. The van der Waals surface area contributed by atoms with Crippen LogP contribution in [0.5, 0.6) is 0 Å². The van der Waals surface area contributed by atoms with Gasteiger partial charge in [-0.05, 0) is 39.6 Å². The number of aliphatic hydroxyl groups is 1. The van der Waals surface area contributed by atoms with E-state index in [0.29, 0.717) is 0 Å². The second-order valence-corrected chi connectivity index (χ2v) is 4.45. The van der Waals surface area contributed by atoms with E-state index in [-0.39, 0.29) is 10.2 Å². The Hall–Kier alpha value is -0.920. The van der Waals surface area contributed by atoms with E-state index in [1.807, 2.05) is 0 Å². The standard InChI is InChI=1S/C9H5BrF2N2OS/c10-4-1-2-5(11)7(8(4)12)9(15)6-3-16-14-13-6/h1-3,9,15H. The summed E-state index contributed by atoms with van der Waals surface area (Å²) in [4.78, 5) is 0. The van der Waals surface area contributed by atoms with Crippen molar-refractivity contribution in [2.24, 2.45) is 0 Å². The first-order chi connectivity index (χ1) is 7.61. The third-order valence-electron chi connectivity index (χ3n) is 2.01. The first kappa shape index (κ1) is 11.6. The lowest BCUT2D eigenvalue weighted by molar-refractivity contribution is 0.204. The molecule has 84 valence electrons. The highest BCUT2D eigenvalue weighted by atomic mass is 79.9. The maximum Gasteiger partial charge on any atom is 0.146 e. The molecule has 16 heavy (non-hydrogen) atoms. The summed E-state index contributed by atoms with van der Waals surface area (Å²) in [6.07, 6.45) is -1.45. The van der Waals surface area contributed by atoms with Gasteiger partial charge in [0, 0.05) is 5.38 Å². The molecule has 1 unspecified atom stereocenters. The number of nitrogens with zero attached hydrogens (tertiary/aromatic N) is 2. The molecule has 1 N–H and O–H groups in total. The van der Waals surface area contributed by atoms with Crippen LogP contribution in [0.2, 0.25) is 0 Å². The van der Waals surface area contributed by atoms with Crippen molar-refractivity contribution in [1.82, 2.24) is 9.59 Å². The van der Waals surface area contributed by atoms with E-state index in [4.69, 9.17) is 0 Å². The third-order valence-corrected chi connectivity index (χ3v) is 3.15. The van der Waals surface area contributed by atoms with Gasteiger partial charge in [-0.15, -0.1) is 5.10 Å². The summed E-state index contributed by atoms with van der Waals surface area (Å²) in [7, 11) is 0. The minimum Gasteiger partial charge on any atom is -0.382 e. The van der Waals surface area contributed by atoms with Crippen molar-refractivity contribution in [1.29, 1.82) is 0 Å². The lowest BCUT2D eigenvalue weighted by Crippen LogP contribution is -2.06. The molecule has 3 nitrogen and oxygen atoms in total. The highest BCUT2D eigenvalue weighted by Crippen LogP contribution is 2.29. The predicted octanol–water partition coefficient (Wildman–Crippen LogP) is 2.66. The Balaban J connectivity index is 2.52. The van der Waals surface area contributed by atoms with Gasteiger partial charge in [-0.2, -0.15) is 0 Å². The molecule has 1 aromatic carbocycles.